The summed E-state index contributed by atoms with van der Waals surface area (Å²) >= 11 is 0. The second-order valence-corrected chi connectivity index (χ2v) is 5.65. The number of aromatic nitrogens is 2. The van der Waals surface area contributed by atoms with E-state index in [4.69, 9.17) is 4.74 Å². The highest BCUT2D eigenvalue weighted by Gasteiger charge is 2.19. The summed E-state index contributed by atoms with van der Waals surface area (Å²) in [5, 5.41) is 3.83. The minimum atomic E-state index is -0.108. The monoisotopic (exact) mass is 300 g/mol. The van der Waals surface area contributed by atoms with Crippen LogP contribution < -0.4 is 10.1 Å². The van der Waals surface area contributed by atoms with E-state index in [1.165, 1.54) is 6.33 Å². The van der Waals surface area contributed by atoms with Gasteiger partial charge in [-0.15, -0.1) is 0 Å². The molecule has 1 fully saturated rings. The van der Waals surface area contributed by atoms with E-state index in [2.05, 4.69) is 27.2 Å². The standard InChI is InChI=1S/C16H20N4O2/c1-20-8-4-5-12(9-20)19-15(21)10-22-16-13-6-2-3-7-14(13)17-11-18-16/h2-3,6-7,11-12H,4-5,8-10H2,1H3,(H,19,21). The number of carbonyl (C=O) groups excluding carboxylic acids is 1. The van der Waals surface area contributed by atoms with E-state index >= 15 is 0 Å². The maximum absolute atomic E-state index is 12.0. The van der Waals surface area contributed by atoms with E-state index in [1.54, 1.807) is 0 Å². The number of amides is 1. The van der Waals surface area contributed by atoms with Crippen LogP contribution in [-0.4, -0.2) is 53.6 Å². The number of piperidine rings is 1. The Labute approximate surface area is 129 Å². The molecule has 1 amide bonds. The Kier molecular flexibility index (Phi) is 4.48. The number of likely N-dealkylation sites (N-methyl/N-ethyl adjacent to an activating group) is 1. The lowest BCUT2D eigenvalue weighted by molar-refractivity contribution is -0.124. The molecule has 1 saturated heterocycles. The maximum Gasteiger partial charge on any atom is 0.258 e. The van der Waals surface area contributed by atoms with E-state index in [0.29, 0.717) is 5.88 Å². The molecule has 22 heavy (non-hydrogen) atoms. The van der Waals surface area contributed by atoms with Gasteiger partial charge in [-0.1, -0.05) is 12.1 Å². The molecular formula is C16H20N4O2. The molecule has 1 aromatic heterocycles. The summed E-state index contributed by atoms with van der Waals surface area (Å²) < 4.78 is 5.57. The minimum absolute atomic E-state index is 0.0266. The smallest absolute Gasteiger partial charge is 0.258 e. The Morgan fingerprint density at radius 3 is 3.14 bits per heavy atom. The fourth-order valence-corrected chi connectivity index (χ4v) is 2.78. The largest absolute Gasteiger partial charge is 0.467 e. The van der Waals surface area contributed by atoms with Crippen molar-refractivity contribution < 1.29 is 9.53 Å². The fourth-order valence-electron chi connectivity index (χ4n) is 2.78. The quantitative estimate of drug-likeness (QED) is 0.919. The van der Waals surface area contributed by atoms with Crippen LogP contribution in [0.15, 0.2) is 30.6 Å². The number of rotatable bonds is 4. The average molecular weight is 300 g/mol. The highest BCUT2D eigenvalue weighted by atomic mass is 16.5. The Hall–Kier alpha value is -2.21. The van der Waals surface area contributed by atoms with Crippen LogP contribution in [-0.2, 0) is 4.79 Å². The first-order valence-electron chi connectivity index (χ1n) is 7.53. The molecule has 1 aliphatic heterocycles. The Bertz CT molecular complexity index is 656. The Morgan fingerprint density at radius 2 is 2.27 bits per heavy atom. The number of hydrogen-bond donors (Lipinski definition) is 1. The second kappa shape index (κ2) is 6.70. The van der Waals surface area contributed by atoms with Gasteiger partial charge < -0.3 is 15.0 Å². The van der Waals surface area contributed by atoms with Crippen LogP contribution >= 0.6 is 0 Å². The minimum Gasteiger partial charge on any atom is -0.467 e. The van der Waals surface area contributed by atoms with Crippen molar-refractivity contribution in [2.75, 3.05) is 26.7 Å². The molecule has 0 saturated carbocycles. The molecule has 2 heterocycles. The van der Waals surface area contributed by atoms with Gasteiger partial charge in [0.15, 0.2) is 6.61 Å². The number of fused-ring (bicyclic) bond motifs is 1. The molecule has 1 atom stereocenters. The zero-order valence-electron chi connectivity index (χ0n) is 12.7. The van der Waals surface area contributed by atoms with Crippen LogP contribution in [0.1, 0.15) is 12.8 Å². The number of ether oxygens (including phenoxy) is 1. The molecule has 0 aliphatic carbocycles. The summed E-state index contributed by atoms with van der Waals surface area (Å²) in [7, 11) is 2.07. The summed E-state index contributed by atoms with van der Waals surface area (Å²) in [5.74, 6) is 0.338. The SMILES string of the molecule is CN1CCCC(NC(=O)COc2ncnc3ccccc23)C1. The first kappa shape index (κ1) is 14.7. The number of nitrogens with zero attached hydrogens (tertiary/aromatic N) is 3. The number of para-hydroxylation sites is 1. The van der Waals surface area contributed by atoms with Crippen LogP contribution in [0.25, 0.3) is 10.9 Å². The zero-order valence-corrected chi connectivity index (χ0v) is 12.7. The van der Waals surface area contributed by atoms with Crippen molar-refractivity contribution in [2.24, 2.45) is 0 Å². The van der Waals surface area contributed by atoms with Crippen LogP contribution in [0.2, 0.25) is 0 Å². The zero-order chi connectivity index (χ0) is 15.4. The molecule has 1 N–H and O–H groups in total. The number of nitrogens with one attached hydrogen (secondary N) is 1. The summed E-state index contributed by atoms with van der Waals surface area (Å²) in [6, 6.07) is 7.79. The van der Waals surface area contributed by atoms with Gasteiger partial charge in [0, 0.05) is 12.6 Å². The predicted octanol–water partition coefficient (Wildman–Crippen LogP) is 1.22. The van der Waals surface area contributed by atoms with Crippen LogP contribution in [0.5, 0.6) is 5.88 Å². The molecule has 1 unspecified atom stereocenters. The van der Waals surface area contributed by atoms with E-state index < -0.39 is 0 Å². The Balaban J connectivity index is 1.58. The number of likely N-dealkylation sites (tertiary alicyclic amines) is 1. The number of carbonyl (C=O) groups is 1. The van der Waals surface area contributed by atoms with Crippen molar-refractivity contribution in [3.63, 3.8) is 0 Å². The maximum atomic E-state index is 12.0. The number of hydrogen-bond acceptors (Lipinski definition) is 5. The average Bonchev–Trinajstić information content (AvgIpc) is 2.53. The number of benzene rings is 1. The van der Waals surface area contributed by atoms with Crippen molar-refractivity contribution in [1.29, 1.82) is 0 Å². The molecule has 6 nitrogen and oxygen atoms in total. The van der Waals surface area contributed by atoms with Gasteiger partial charge in [-0.3, -0.25) is 4.79 Å². The van der Waals surface area contributed by atoms with Crippen molar-refractivity contribution in [3.05, 3.63) is 30.6 Å². The topological polar surface area (TPSA) is 67.4 Å². The van der Waals surface area contributed by atoms with Gasteiger partial charge in [-0.25, -0.2) is 9.97 Å². The van der Waals surface area contributed by atoms with E-state index in [0.717, 1.165) is 36.8 Å². The summed E-state index contributed by atoms with van der Waals surface area (Å²) in [6.07, 6.45) is 3.58. The summed E-state index contributed by atoms with van der Waals surface area (Å²) in [4.78, 5) is 22.5. The summed E-state index contributed by atoms with van der Waals surface area (Å²) in [5.41, 5.74) is 0.807. The molecular weight excluding hydrogens is 280 g/mol. The highest BCUT2D eigenvalue weighted by Crippen LogP contribution is 2.20. The molecule has 0 spiro atoms. The van der Waals surface area contributed by atoms with Crippen molar-refractivity contribution in [3.8, 4) is 5.88 Å². The normalized spacial score (nSPS) is 19.0. The van der Waals surface area contributed by atoms with E-state index in [1.807, 2.05) is 24.3 Å². The summed E-state index contributed by atoms with van der Waals surface area (Å²) in [6.45, 7) is 1.96. The lowest BCUT2D eigenvalue weighted by atomic mass is 10.1. The second-order valence-electron chi connectivity index (χ2n) is 5.65. The van der Waals surface area contributed by atoms with Crippen LogP contribution in [0.4, 0.5) is 0 Å². The van der Waals surface area contributed by atoms with Gasteiger partial charge in [0.1, 0.15) is 6.33 Å². The fraction of sp³-hybridized carbons (Fsp3) is 0.438. The molecule has 116 valence electrons. The molecule has 2 aromatic rings. The van der Waals surface area contributed by atoms with Gasteiger partial charge in [0.2, 0.25) is 5.88 Å². The van der Waals surface area contributed by atoms with Crippen molar-refractivity contribution in [2.45, 2.75) is 18.9 Å². The van der Waals surface area contributed by atoms with Gasteiger partial charge in [0.25, 0.3) is 5.91 Å². The first-order valence-corrected chi connectivity index (χ1v) is 7.53. The van der Waals surface area contributed by atoms with Crippen molar-refractivity contribution >= 4 is 16.8 Å². The van der Waals surface area contributed by atoms with Gasteiger partial charge in [-0.2, -0.15) is 0 Å². The molecule has 6 heteroatoms. The first-order chi connectivity index (χ1) is 10.7. The van der Waals surface area contributed by atoms with Gasteiger partial charge >= 0.3 is 0 Å². The third kappa shape index (κ3) is 3.51. The molecule has 0 radical (unpaired) electrons. The van der Waals surface area contributed by atoms with Crippen LogP contribution in [0.3, 0.4) is 0 Å². The molecule has 1 aliphatic rings. The lowest BCUT2D eigenvalue weighted by Gasteiger charge is -2.30. The third-order valence-corrected chi connectivity index (χ3v) is 3.84. The van der Waals surface area contributed by atoms with Gasteiger partial charge in [0.05, 0.1) is 10.9 Å². The Morgan fingerprint density at radius 1 is 1.41 bits per heavy atom. The van der Waals surface area contributed by atoms with Gasteiger partial charge in [-0.05, 0) is 38.6 Å². The van der Waals surface area contributed by atoms with Crippen LogP contribution in [0, 0.1) is 0 Å². The third-order valence-electron chi connectivity index (χ3n) is 3.84. The molecule has 3 rings (SSSR count). The van der Waals surface area contributed by atoms with E-state index in [9.17, 15) is 4.79 Å². The molecule has 0 bridgehead atoms. The highest BCUT2D eigenvalue weighted by molar-refractivity contribution is 5.84. The lowest BCUT2D eigenvalue weighted by Crippen LogP contribution is -2.47. The van der Waals surface area contributed by atoms with E-state index in [-0.39, 0.29) is 18.6 Å². The van der Waals surface area contributed by atoms with Crippen molar-refractivity contribution in [1.82, 2.24) is 20.2 Å². The predicted molar refractivity (Wildman–Crippen MR) is 83.7 cm³/mol. The molecule has 1 aromatic carbocycles.